The third kappa shape index (κ3) is 6.23. The van der Waals surface area contributed by atoms with Crippen molar-refractivity contribution in [1.82, 2.24) is 4.98 Å². The van der Waals surface area contributed by atoms with Crippen LogP contribution in [0.2, 0.25) is 0 Å². The van der Waals surface area contributed by atoms with Crippen LogP contribution in [0.15, 0.2) is 4.42 Å². The van der Waals surface area contributed by atoms with E-state index in [1.54, 1.807) is 0 Å². The molecule has 2 nitrogen and oxygen atoms in total. The second-order valence-electron chi connectivity index (χ2n) is 5.33. The van der Waals surface area contributed by atoms with E-state index in [-0.39, 0.29) is 0 Å². The van der Waals surface area contributed by atoms with Crippen molar-refractivity contribution >= 4 is 0 Å². The van der Waals surface area contributed by atoms with Crippen LogP contribution >= 0.6 is 0 Å². The summed E-state index contributed by atoms with van der Waals surface area (Å²) in [5, 5.41) is 0. The maximum absolute atomic E-state index is 5.58. The van der Waals surface area contributed by atoms with Gasteiger partial charge in [0.2, 0.25) is 0 Å². The van der Waals surface area contributed by atoms with Crippen molar-refractivity contribution in [3.8, 4) is 0 Å². The molecule has 0 unspecified atom stereocenters. The normalized spacial score (nSPS) is 11.1. The number of rotatable bonds is 10. The molecule has 18 heavy (non-hydrogen) atoms. The molecule has 0 aliphatic carbocycles. The maximum atomic E-state index is 5.58. The monoisotopic (exact) mass is 251 g/mol. The van der Waals surface area contributed by atoms with Crippen LogP contribution in [0.3, 0.4) is 0 Å². The topological polar surface area (TPSA) is 26.0 Å². The minimum Gasteiger partial charge on any atom is -0.446 e. The van der Waals surface area contributed by atoms with Gasteiger partial charge in [0.05, 0.1) is 5.69 Å². The van der Waals surface area contributed by atoms with Gasteiger partial charge < -0.3 is 4.42 Å². The Hall–Kier alpha value is -0.790. The fourth-order valence-corrected chi connectivity index (χ4v) is 2.23. The van der Waals surface area contributed by atoms with Gasteiger partial charge >= 0.3 is 0 Å². The second-order valence-corrected chi connectivity index (χ2v) is 5.33. The zero-order valence-corrected chi connectivity index (χ0v) is 12.4. The van der Waals surface area contributed by atoms with E-state index in [9.17, 15) is 0 Å². The van der Waals surface area contributed by atoms with Gasteiger partial charge in [-0.3, -0.25) is 0 Å². The molecule has 0 aliphatic rings. The van der Waals surface area contributed by atoms with Crippen LogP contribution < -0.4 is 0 Å². The first kappa shape index (κ1) is 15.3. The first-order valence-corrected chi connectivity index (χ1v) is 7.67. The van der Waals surface area contributed by atoms with Crippen LogP contribution in [0.4, 0.5) is 0 Å². The van der Waals surface area contributed by atoms with E-state index in [1.165, 1.54) is 57.8 Å². The minimum absolute atomic E-state index is 0.924. The van der Waals surface area contributed by atoms with Crippen molar-refractivity contribution in [2.75, 3.05) is 0 Å². The summed E-state index contributed by atoms with van der Waals surface area (Å²) < 4.78 is 5.58. The summed E-state index contributed by atoms with van der Waals surface area (Å²) in [6, 6.07) is 0. The summed E-state index contributed by atoms with van der Waals surface area (Å²) in [6.07, 6.45) is 13.3. The Morgan fingerprint density at radius 2 is 1.39 bits per heavy atom. The molecule has 1 rings (SSSR count). The van der Waals surface area contributed by atoms with Crippen molar-refractivity contribution in [2.24, 2.45) is 0 Å². The fourth-order valence-electron chi connectivity index (χ4n) is 2.23. The number of aryl methyl sites for hydroxylation is 3. The maximum Gasteiger partial charge on any atom is 0.194 e. The number of unbranched alkanes of at least 4 members (excludes halogenated alkanes) is 8. The van der Waals surface area contributed by atoms with Gasteiger partial charge in [0.1, 0.15) is 5.76 Å². The van der Waals surface area contributed by atoms with Crippen molar-refractivity contribution in [1.29, 1.82) is 0 Å². The average molecular weight is 251 g/mol. The molecule has 0 bridgehead atoms. The molecule has 2 heteroatoms. The Morgan fingerprint density at radius 1 is 0.833 bits per heavy atom. The molecule has 0 fully saturated rings. The Labute approximate surface area is 112 Å². The summed E-state index contributed by atoms with van der Waals surface area (Å²) in [4.78, 5) is 4.41. The first-order valence-electron chi connectivity index (χ1n) is 7.67. The highest BCUT2D eigenvalue weighted by Crippen LogP contribution is 2.13. The van der Waals surface area contributed by atoms with Crippen molar-refractivity contribution in [3.05, 3.63) is 17.3 Å². The van der Waals surface area contributed by atoms with Gasteiger partial charge in [0, 0.05) is 6.42 Å². The van der Waals surface area contributed by atoms with Gasteiger partial charge in [-0.15, -0.1) is 0 Å². The number of hydrogen-bond donors (Lipinski definition) is 0. The predicted octanol–water partition coefficient (Wildman–Crippen LogP) is 5.36. The van der Waals surface area contributed by atoms with Crippen molar-refractivity contribution < 1.29 is 4.42 Å². The average Bonchev–Trinajstić information content (AvgIpc) is 2.67. The van der Waals surface area contributed by atoms with Gasteiger partial charge in [0.15, 0.2) is 5.89 Å². The molecule has 0 aliphatic heterocycles. The summed E-state index contributed by atoms with van der Waals surface area (Å²) in [6.45, 7) is 6.27. The minimum atomic E-state index is 0.924. The highest BCUT2D eigenvalue weighted by molar-refractivity contribution is 5.05. The summed E-state index contributed by atoms with van der Waals surface area (Å²) in [7, 11) is 0. The van der Waals surface area contributed by atoms with Crippen LogP contribution in [-0.2, 0) is 6.42 Å². The Bertz CT molecular complexity index is 297. The van der Waals surface area contributed by atoms with E-state index in [0.717, 1.165) is 23.8 Å². The Balaban J connectivity index is 1.92. The lowest BCUT2D eigenvalue weighted by Crippen LogP contribution is -1.87. The molecule has 1 heterocycles. The van der Waals surface area contributed by atoms with E-state index in [1.807, 2.05) is 13.8 Å². The van der Waals surface area contributed by atoms with E-state index in [2.05, 4.69) is 11.9 Å². The van der Waals surface area contributed by atoms with Crippen molar-refractivity contribution in [3.63, 3.8) is 0 Å². The molecule has 1 aromatic heterocycles. The molecule has 1 aromatic rings. The van der Waals surface area contributed by atoms with Gasteiger partial charge in [0.25, 0.3) is 0 Å². The molecule has 0 N–H and O–H groups in total. The third-order valence-corrected chi connectivity index (χ3v) is 3.57. The molecule has 0 amide bonds. The van der Waals surface area contributed by atoms with E-state index in [4.69, 9.17) is 4.42 Å². The highest BCUT2D eigenvalue weighted by atomic mass is 16.4. The molecular formula is C16H29NO. The molecule has 0 atom stereocenters. The lowest BCUT2D eigenvalue weighted by Gasteiger charge is -2.00. The van der Waals surface area contributed by atoms with E-state index in [0.29, 0.717) is 0 Å². The van der Waals surface area contributed by atoms with Gasteiger partial charge in [-0.1, -0.05) is 58.3 Å². The molecule has 0 radical (unpaired) electrons. The van der Waals surface area contributed by atoms with Crippen LogP contribution in [0.1, 0.15) is 82.1 Å². The van der Waals surface area contributed by atoms with E-state index >= 15 is 0 Å². The highest BCUT2D eigenvalue weighted by Gasteiger charge is 2.04. The Morgan fingerprint density at radius 3 is 1.89 bits per heavy atom. The molecule has 0 saturated heterocycles. The molecule has 0 saturated carbocycles. The lowest BCUT2D eigenvalue weighted by atomic mass is 10.1. The van der Waals surface area contributed by atoms with Crippen LogP contribution in [0.25, 0.3) is 0 Å². The Kier molecular flexibility index (Phi) is 7.79. The third-order valence-electron chi connectivity index (χ3n) is 3.57. The van der Waals surface area contributed by atoms with Crippen LogP contribution in [0, 0.1) is 13.8 Å². The first-order chi connectivity index (χ1) is 8.74. The largest absolute Gasteiger partial charge is 0.446 e. The number of oxazole rings is 1. The smallest absolute Gasteiger partial charge is 0.194 e. The zero-order chi connectivity index (χ0) is 13.2. The predicted molar refractivity (Wildman–Crippen MR) is 76.9 cm³/mol. The SMILES string of the molecule is CCCCCCCCCCCc1nc(C)c(C)o1. The number of hydrogen-bond acceptors (Lipinski definition) is 2. The summed E-state index contributed by atoms with van der Waals surface area (Å²) in [5.74, 6) is 1.90. The van der Waals surface area contributed by atoms with Crippen molar-refractivity contribution in [2.45, 2.75) is 85.0 Å². The van der Waals surface area contributed by atoms with Gasteiger partial charge in [-0.25, -0.2) is 4.98 Å². The number of aromatic nitrogens is 1. The second kappa shape index (κ2) is 9.18. The summed E-state index contributed by atoms with van der Waals surface area (Å²) in [5.41, 5.74) is 1.04. The molecule has 0 aromatic carbocycles. The quantitative estimate of drug-likeness (QED) is 0.523. The molecule has 0 spiro atoms. The lowest BCUT2D eigenvalue weighted by molar-refractivity contribution is 0.457. The van der Waals surface area contributed by atoms with Crippen LogP contribution in [0.5, 0.6) is 0 Å². The van der Waals surface area contributed by atoms with Crippen LogP contribution in [-0.4, -0.2) is 4.98 Å². The molecule has 104 valence electrons. The van der Waals surface area contributed by atoms with Gasteiger partial charge in [-0.2, -0.15) is 0 Å². The zero-order valence-electron chi connectivity index (χ0n) is 12.4. The fraction of sp³-hybridized carbons (Fsp3) is 0.812. The van der Waals surface area contributed by atoms with E-state index < -0.39 is 0 Å². The summed E-state index contributed by atoms with van der Waals surface area (Å²) >= 11 is 0. The standard InChI is InChI=1S/C16H29NO/c1-4-5-6-7-8-9-10-11-12-13-16-17-14(2)15(3)18-16/h4-13H2,1-3H3. The molecular weight excluding hydrogens is 222 g/mol. The number of nitrogens with zero attached hydrogens (tertiary/aromatic N) is 1. The van der Waals surface area contributed by atoms with Gasteiger partial charge in [-0.05, 0) is 20.3 Å².